The molecule has 5 heteroatoms. The van der Waals surface area contributed by atoms with Gasteiger partial charge in [-0.3, -0.25) is 9.69 Å². The molecule has 0 fully saturated rings. The van der Waals surface area contributed by atoms with Gasteiger partial charge >= 0.3 is 5.97 Å². The Bertz CT molecular complexity index is 449. The van der Waals surface area contributed by atoms with Gasteiger partial charge in [-0.05, 0) is 25.6 Å². The maximum absolute atomic E-state index is 11.5. The zero-order chi connectivity index (χ0) is 14.4. The van der Waals surface area contributed by atoms with Crippen LogP contribution in [-0.4, -0.2) is 49.8 Å². The van der Waals surface area contributed by atoms with E-state index in [2.05, 4.69) is 0 Å². The number of hydrogen-bond donors (Lipinski definition) is 0. The van der Waals surface area contributed by atoms with Gasteiger partial charge in [0.05, 0.1) is 13.2 Å². The van der Waals surface area contributed by atoms with Gasteiger partial charge in [-0.15, -0.1) is 0 Å². The van der Waals surface area contributed by atoms with E-state index in [0.29, 0.717) is 19.8 Å². The van der Waals surface area contributed by atoms with Gasteiger partial charge in [0, 0.05) is 6.54 Å². The molecule has 20 heavy (non-hydrogen) atoms. The third-order valence-electron chi connectivity index (χ3n) is 3.13. The highest BCUT2D eigenvalue weighted by Crippen LogP contribution is 2.30. The molecule has 0 spiro atoms. The summed E-state index contributed by atoms with van der Waals surface area (Å²) >= 11 is 0. The predicted octanol–water partition coefficient (Wildman–Crippen LogP) is 1.71. The summed E-state index contributed by atoms with van der Waals surface area (Å²) in [7, 11) is 0. The van der Waals surface area contributed by atoms with Crippen molar-refractivity contribution in [2.45, 2.75) is 20.0 Å². The molecule has 0 bridgehead atoms. The van der Waals surface area contributed by atoms with E-state index >= 15 is 0 Å². The summed E-state index contributed by atoms with van der Waals surface area (Å²) in [4.78, 5) is 13.5. The van der Waals surface area contributed by atoms with Gasteiger partial charge in [0.25, 0.3) is 0 Å². The van der Waals surface area contributed by atoms with Crippen molar-refractivity contribution >= 4 is 5.97 Å². The number of para-hydroxylation sites is 2. The van der Waals surface area contributed by atoms with Crippen molar-refractivity contribution in [3.8, 4) is 11.5 Å². The van der Waals surface area contributed by atoms with Crippen molar-refractivity contribution in [1.82, 2.24) is 4.90 Å². The lowest BCUT2D eigenvalue weighted by Gasteiger charge is -2.30. The second-order valence-electron chi connectivity index (χ2n) is 4.63. The highest BCUT2D eigenvalue weighted by Gasteiger charge is 2.23. The van der Waals surface area contributed by atoms with Crippen LogP contribution in [0.15, 0.2) is 24.3 Å². The van der Waals surface area contributed by atoms with Gasteiger partial charge in [0.15, 0.2) is 11.5 Å². The van der Waals surface area contributed by atoms with Crippen molar-refractivity contribution in [2.75, 3.05) is 32.8 Å². The molecule has 1 aromatic rings. The molecule has 1 aliphatic rings. The van der Waals surface area contributed by atoms with Crippen LogP contribution in [0.4, 0.5) is 0 Å². The van der Waals surface area contributed by atoms with E-state index in [-0.39, 0.29) is 18.6 Å². The van der Waals surface area contributed by atoms with E-state index in [1.807, 2.05) is 43.0 Å². The molecule has 1 atom stereocenters. The van der Waals surface area contributed by atoms with Gasteiger partial charge in [-0.25, -0.2) is 0 Å². The number of rotatable bonds is 6. The highest BCUT2D eigenvalue weighted by molar-refractivity contribution is 5.71. The van der Waals surface area contributed by atoms with Crippen molar-refractivity contribution in [3.05, 3.63) is 24.3 Å². The van der Waals surface area contributed by atoms with E-state index in [4.69, 9.17) is 14.2 Å². The number of ether oxygens (including phenoxy) is 3. The first-order chi connectivity index (χ1) is 9.72. The summed E-state index contributed by atoms with van der Waals surface area (Å²) in [5.41, 5.74) is 0. The summed E-state index contributed by atoms with van der Waals surface area (Å²) in [6, 6.07) is 7.62. The van der Waals surface area contributed by atoms with Crippen LogP contribution in [0.5, 0.6) is 11.5 Å². The van der Waals surface area contributed by atoms with Crippen LogP contribution >= 0.6 is 0 Å². The molecular weight excluding hydrogens is 258 g/mol. The standard InChI is InChI=1S/C15H21NO4/c1-3-16(10-15(17)18-4-2)9-12-11-19-13-7-5-6-8-14(13)20-12/h5-8,12H,3-4,9-11H2,1-2H3. The van der Waals surface area contributed by atoms with Crippen LogP contribution in [0.2, 0.25) is 0 Å². The molecule has 0 aliphatic carbocycles. The van der Waals surface area contributed by atoms with Crippen LogP contribution in [0.3, 0.4) is 0 Å². The molecule has 0 aromatic heterocycles. The minimum atomic E-state index is -0.202. The fourth-order valence-corrected chi connectivity index (χ4v) is 2.14. The number of esters is 1. The first-order valence-electron chi connectivity index (χ1n) is 6.99. The average Bonchev–Trinajstić information content (AvgIpc) is 2.46. The first kappa shape index (κ1) is 14.7. The van der Waals surface area contributed by atoms with Crippen LogP contribution in [0.1, 0.15) is 13.8 Å². The zero-order valence-electron chi connectivity index (χ0n) is 12.0. The first-order valence-corrected chi connectivity index (χ1v) is 6.99. The summed E-state index contributed by atoms with van der Waals surface area (Å²) in [6.07, 6.45) is -0.0701. The average molecular weight is 279 g/mol. The summed E-state index contributed by atoms with van der Waals surface area (Å²) in [5.74, 6) is 1.33. The summed E-state index contributed by atoms with van der Waals surface area (Å²) in [6.45, 7) is 6.42. The molecule has 0 saturated carbocycles. The van der Waals surface area contributed by atoms with E-state index < -0.39 is 0 Å². The Kier molecular flexibility index (Phi) is 5.24. The molecule has 0 N–H and O–H groups in total. The topological polar surface area (TPSA) is 48.0 Å². The largest absolute Gasteiger partial charge is 0.486 e. The lowest BCUT2D eigenvalue weighted by molar-refractivity contribution is -0.144. The minimum absolute atomic E-state index is 0.0701. The Labute approximate surface area is 119 Å². The molecule has 110 valence electrons. The third-order valence-corrected chi connectivity index (χ3v) is 3.13. The van der Waals surface area contributed by atoms with E-state index in [1.165, 1.54) is 0 Å². The van der Waals surface area contributed by atoms with Gasteiger partial charge in [-0.2, -0.15) is 0 Å². The molecule has 0 amide bonds. The lowest BCUT2D eigenvalue weighted by Crippen LogP contribution is -2.43. The second kappa shape index (κ2) is 7.14. The SMILES string of the molecule is CCOC(=O)CN(CC)CC1COc2ccccc2O1. The predicted molar refractivity (Wildman–Crippen MR) is 75.1 cm³/mol. The molecular formula is C15H21NO4. The number of carbonyl (C=O) groups excluding carboxylic acids is 1. The monoisotopic (exact) mass is 279 g/mol. The van der Waals surface area contributed by atoms with Gasteiger partial charge in [0.1, 0.15) is 12.7 Å². The molecule has 1 unspecified atom stereocenters. The van der Waals surface area contributed by atoms with Gasteiger partial charge in [-0.1, -0.05) is 19.1 Å². The molecule has 2 rings (SSSR count). The Balaban J connectivity index is 1.88. The smallest absolute Gasteiger partial charge is 0.320 e. The van der Waals surface area contributed by atoms with Crippen molar-refractivity contribution in [2.24, 2.45) is 0 Å². The maximum atomic E-state index is 11.5. The molecule has 1 aliphatic heterocycles. The summed E-state index contributed by atoms with van der Waals surface area (Å²) < 4.78 is 16.5. The second-order valence-corrected chi connectivity index (χ2v) is 4.63. The number of likely N-dealkylation sites (N-methyl/N-ethyl adjacent to an activating group) is 1. The minimum Gasteiger partial charge on any atom is -0.486 e. The molecule has 0 saturated heterocycles. The molecule has 1 heterocycles. The fourth-order valence-electron chi connectivity index (χ4n) is 2.14. The van der Waals surface area contributed by atoms with Crippen LogP contribution < -0.4 is 9.47 Å². The molecule has 5 nitrogen and oxygen atoms in total. The van der Waals surface area contributed by atoms with E-state index in [1.54, 1.807) is 0 Å². The number of hydrogen-bond acceptors (Lipinski definition) is 5. The number of fused-ring (bicyclic) bond motifs is 1. The Morgan fingerprint density at radius 3 is 2.80 bits per heavy atom. The van der Waals surface area contributed by atoms with Crippen molar-refractivity contribution < 1.29 is 19.0 Å². The van der Waals surface area contributed by atoms with Crippen LogP contribution in [0, 0.1) is 0 Å². The quantitative estimate of drug-likeness (QED) is 0.742. The van der Waals surface area contributed by atoms with Gasteiger partial charge in [0.2, 0.25) is 0 Å². The molecule has 1 aromatic carbocycles. The van der Waals surface area contributed by atoms with Crippen LogP contribution in [-0.2, 0) is 9.53 Å². The number of carbonyl (C=O) groups is 1. The number of benzene rings is 1. The van der Waals surface area contributed by atoms with Crippen LogP contribution in [0.25, 0.3) is 0 Å². The Morgan fingerprint density at radius 2 is 2.10 bits per heavy atom. The number of nitrogens with zero attached hydrogens (tertiary/aromatic N) is 1. The Hall–Kier alpha value is -1.75. The molecule has 0 radical (unpaired) electrons. The summed E-state index contributed by atoms with van der Waals surface area (Å²) in [5, 5.41) is 0. The van der Waals surface area contributed by atoms with Gasteiger partial charge < -0.3 is 14.2 Å². The lowest BCUT2D eigenvalue weighted by atomic mass is 10.2. The zero-order valence-corrected chi connectivity index (χ0v) is 12.0. The normalized spacial score (nSPS) is 17.1. The fraction of sp³-hybridized carbons (Fsp3) is 0.533. The Morgan fingerprint density at radius 1 is 1.35 bits per heavy atom. The van der Waals surface area contributed by atoms with E-state index in [9.17, 15) is 4.79 Å². The van der Waals surface area contributed by atoms with Crippen molar-refractivity contribution in [3.63, 3.8) is 0 Å². The van der Waals surface area contributed by atoms with E-state index in [0.717, 1.165) is 18.0 Å². The van der Waals surface area contributed by atoms with Crippen molar-refractivity contribution in [1.29, 1.82) is 0 Å². The maximum Gasteiger partial charge on any atom is 0.320 e. The third kappa shape index (κ3) is 3.87. The highest BCUT2D eigenvalue weighted by atomic mass is 16.6.